The number of hydrogen-bond donors (Lipinski definition) is 2. The van der Waals surface area contributed by atoms with E-state index >= 15 is 0 Å². The zero-order valence-corrected chi connectivity index (χ0v) is 6.36. The molecule has 0 saturated heterocycles. The number of amides is 1. The first kappa shape index (κ1) is 8.27. The molecule has 0 fully saturated rings. The summed E-state index contributed by atoms with van der Waals surface area (Å²) in [6.07, 6.45) is 5.29. The molecule has 0 saturated carbocycles. The number of hydrogen-bond acceptors (Lipinski definition) is 2. The topological polar surface area (TPSA) is 63.3 Å². The molecule has 0 aromatic carbocycles. The van der Waals surface area contributed by atoms with Crippen molar-refractivity contribution in [1.82, 2.24) is 0 Å². The molecule has 0 spiro atoms. The van der Waals surface area contributed by atoms with Crippen LogP contribution in [0.4, 0.5) is 0 Å². The van der Waals surface area contributed by atoms with Crippen LogP contribution in [0.15, 0.2) is 12.2 Å². The van der Waals surface area contributed by atoms with E-state index in [1.54, 1.807) is 6.08 Å². The van der Waals surface area contributed by atoms with Crippen molar-refractivity contribution in [1.29, 1.82) is 0 Å². The third-order valence-corrected chi connectivity index (χ3v) is 2.02. The molecule has 11 heavy (non-hydrogen) atoms. The third-order valence-electron chi connectivity index (χ3n) is 2.02. The zero-order chi connectivity index (χ0) is 8.27. The normalized spacial score (nSPS) is 29.2. The van der Waals surface area contributed by atoms with Crippen molar-refractivity contribution in [2.45, 2.75) is 25.4 Å². The van der Waals surface area contributed by atoms with Gasteiger partial charge in [0.05, 0.1) is 6.10 Å². The smallest absolute Gasteiger partial charge is 0.217 e. The van der Waals surface area contributed by atoms with Gasteiger partial charge in [0, 0.05) is 6.42 Å². The highest BCUT2D eigenvalue weighted by Gasteiger charge is 2.20. The van der Waals surface area contributed by atoms with Crippen LogP contribution in [0.3, 0.4) is 0 Å². The molecule has 3 N–H and O–H groups in total. The number of aliphatic hydroxyl groups excluding tert-OH is 1. The molecular formula is C8H13NO2. The molecule has 62 valence electrons. The Morgan fingerprint density at radius 3 is 2.91 bits per heavy atom. The fraction of sp³-hybridized carbons (Fsp3) is 0.625. The van der Waals surface area contributed by atoms with Crippen LogP contribution in [-0.2, 0) is 4.79 Å². The Hall–Kier alpha value is -0.830. The standard InChI is InChI=1S/C8H13NO2/c9-8(11)5-4-6-2-1-3-7(6)10/h1,3,6-7,10H,2,4-5H2,(H2,9,11). The van der Waals surface area contributed by atoms with Crippen LogP contribution >= 0.6 is 0 Å². The minimum Gasteiger partial charge on any atom is -0.389 e. The van der Waals surface area contributed by atoms with Crippen LogP contribution in [0.25, 0.3) is 0 Å². The van der Waals surface area contributed by atoms with Gasteiger partial charge in [-0.1, -0.05) is 12.2 Å². The third kappa shape index (κ3) is 2.35. The van der Waals surface area contributed by atoms with Crippen LogP contribution in [-0.4, -0.2) is 17.1 Å². The number of rotatable bonds is 3. The van der Waals surface area contributed by atoms with Crippen molar-refractivity contribution in [3.05, 3.63) is 12.2 Å². The highest BCUT2D eigenvalue weighted by atomic mass is 16.3. The van der Waals surface area contributed by atoms with E-state index in [-0.39, 0.29) is 17.9 Å². The average molecular weight is 155 g/mol. The Morgan fingerprint density at radius 1 is 1.73 bits per heavy atom. The maximum absolute atomic E-state index is 10.4. The Bertz CT molecular complexity index is 177. The Morgan fingerprint density at radius 2 is 2.45 bits per heavy atom. The summed E-state index contributed by atoms with van der Waals surface area (Å²) >= 11 is 0. The molecule has 1 aliphatic rings. The summed E-state index contributed by atoms with van der Waals surface area (Å²) in [5, 5.41) is 9.26. The van der Waals surface area contributed by atoms with E-state index in [1.165, 1.54) is 0 Å². The van der Waals surface area contributed by atoms with Crippen molar-refractivity contribution in [2.24, 2.45) is 11.7 Å². The molecule has 0 aliphatic heterocycles. The van der Waals surface area contributed by atoms with Crippen LogP contribution in [0.1, 0.15) is 19.3 Å². The molecule has 0 radical (unpaired) electrons. The van der Waals surface area contributed by atoms with E-state index in [1.807, 2.05) is 6.08 Å². The van der Waals surface area contributed by atoms with Crippen molar-refractivity contribution < 1.29 is 9.90 Å². The SMILES string of the molecule is NC(=O)CCC1CC=CC1O. The van der Waals surface area contributed by atoms with Gasteiger partial charge in [-0.15, -0.1) is 0 Å². The first-order chi connectivity index (χ1) is 5.20. The van der Waals surface area contributed by atoms with Gasteiger partial charge in [-0.3, -0.25) is 4.79 Å². The minimum absolute atomic E-state index is 0.211. The minimum atomic E-state index is -0.366. The summed E-state index contributed by atoms with van der Waals surface area (Å²) in [6, 6.07) is 0. The predicted molar refractivity (Wildman–Crippen MR) is 41.7 cm³/mol. The molecule has 1 amide bonds. The maximum Gasteiger partial charge on any atom is 0.217 e. The Balaban J connectivity index is 2.23. The summed E-state index contributed by atoms with van der Waals surface area (Å²) in [5.41, 5.74) is 4.98. The zero-order valence-electron chi connectivity index (χ0n) is 6.36. The molecule has 2 unspecified atom stereocenters. The fourth-order valence-electron chi connectivity index (χ4n) is 1.31. The molecule has 0 bridgehead atoms. The van der Waals surface area contributed by atoms with Crippen LogP contribution in [0.2, 0.25) is 0 Å². The van der Waals surface area contributed by atoms with Crippen molar-refractivity contribution in [2.75, 3.05) is 0 Å². The summed E-state index contributed by atoms with van der Waals surface area (Å²) in [5.74, 6) is -0.0772. The number of carbonyl (C=O) groups excluding carboxylic acids is 1. The van der Waals surface area contributed by atoms with Crippen molar-refractivity contribution in [3.63, 3.8) is 0 Å². The lowest BCUT2D eigenvalue weighted by molar-refractivity contribution is -0.118. The largest absolute Gasteiger partial charge is 0.389 e. The number of aliphatic hydroxyl groups is 1. The quantitative estimate of drug-likeness (QED) is 0.571. The lowest BCUT2D eigenvalue weighted by Crippen LogP contribution is -2.17. The van der Waals surface area contributed by atoms with Gasteiger partial charge in [0.1, 0.15) is 0 Å². The van der Waals surface area contributed by atoms with Crippen LogP contribution in [0.5, 0.6) is 0 Å². The molecular weight excluding hydrogens is 142 g/mol. The van der Waals surface area contributed by atoms with Crippen LogP contribution in [0, 0.1) is 5.92 Å². The molecule has 3 nitrogen and oxygen atoms in total. The second kappa shape index (κ2) is 3.53. The molecule has 1 rings (SSSR count). The van der Waals surface area contributed by atoms with E-state index in [4.69, 9.17) is 5.73 Å². The highest BCUT2D eigenvalue weighted by Crippen LogP contribution is 2.22. The van der Waals surface area contributed by atoms with Gasteiger partial charge in [0.15, 0.2) is 0 Å². The van der Waals surface area contributed by atoms with Crippen molar-refractivity contribution >= 4 is 5.91 Å². The highest BCUT2D eigenvalue weighted by molar-refractivity contribution is 5.73. The second-order valence-corrected chi connectivity index (χ2v) is 2.92. The predicted octanol–water partition coefficient (Wildman–Crippen LogP) is 0.189. The first-order valence-electron chi connectivity index (χ1n) is 3.83. The lowest BCUT2D eigenvalue weighted by Gasteiger charge is -2.11. The molecule has 2 atom stereocenters. The fourth-order valence-corrected chi connectivity index (χ4v) is 1.31. The maximum atomic E-state index is 10.4. The van der Waals surface area contributed by atoms with Gasteiger partial charge >= 0.3 is 0 Å². The Kier molecular flexibility index (Phi) is 2.65. The summed E-state index contributed by atoms with van der Waals surface area (Å²) in [7, 11) is 0. The van der Waals surface area contributed by atoms with E-state index in [0.717, 1.165) is 6.42 Å². The number of primary amides is 1. The molecule has 0 aromatic rings. The van der Waals surface area contributed by atoms with Gasteiger partial charge in [0.2, 0.25) is 5.91 Å². The summed E-state index contributed by atoms with van der Waals surface area (Å²) in [6.45, 7) is 0. The molecule has 1 aliphatic carbocycles. The summed E-state index contributed by atoms with van der Waals surface area (Å²) < 4.78 is 0. The van der Waals surface area contributed by atoms with E-state index in [9.17, 15) is 9.90 Å². The number of allylic oxidation sites excluding steroid dienone is 1. The number of carbonyl (C=O) groups is 1. The van der Waals surface area contributed by atoms with Gasteiger partial charge in [0.25, 0.3) is 0 Å². The molecule has 3 heteroatoms. The van der Waals surface area contributed by atoms with Gasteiger partial charge in [-0.05, 0) is 18.8 Å². The van der Waals surface area contributed by atoms with Gasteiger partial charge < -0.3 is 10.8 Å². The second-order valence-electron chi connectivity index (χ2n) is 2.92. The Labute approximate surface area is 65.9 Å². The summed E-state index contributed by atoms with van der Waals surface area (Å²) in [4.78, 5) is 10.4. The average Bonchev–Trinajstić information content (AvgIpc) is 2.31. The first-order valence-corrected chi connectivity index (χ1v) is 3.83. The van der Waals surface area contributed by atoms with Gasteiger partial charge in [-0.25, -0.2) is 0 Å². The monoisotopic (exact) mass is 155 g/mol. The molecule has 0 heterocycles. The van der Waals surface area contributed by atoms with Crippen LogP contribution < -0.4 is 5.73 Å². The van der Waals surface area contributed by atoms with Crippen molar-refractivity contribution in [3.8, 4) is 0 Å². The van der Waals surface area contributed by atoms with Gasteiger partial charge in [-0.2, -0.15) is 0 Å². The number of nitrogens with two attached hydrogens (primary N) is 1. The molecule has 0 aromatic heterocycles. The van der Waals surface area contributed by atoms with E-state index < -0.39 is 0 Å². The lowest BCUT2D eigenvalue weighted by atomic mass is 9.99. The van der Waals surface area contributed by atoms with E-state index in [2.05, 4.69) is 0 Å². The van der Waals surface area contributed by atoms with E-state index in [0.29, 0.717) is 12.8 Å².